The summed E-state index contributed by atoms with van der Waals surface area (Å²) in [5.41, 5.74) is 2.50. The van der Waals surface area contributed by atoms with Crippen molar-refractivity contribution in [3.63, 3.8) is 0 Å². The van der Waals surface area contributed by atoms with Gasteiger partial charge in [0.25, 0.3) is 0 Å². The number of ether oxygens (including phenoxy) is 1. The molecule has 4 heteroatoms. The fourth-order valence-electron chi connectivity index (χ4n) is 2.00. The molecule has 0 spiro atoms. The van der Waals surface area contributed by atoms with Gasteiger partial charge in [0, 0.05) is 0 Å². The van der Waals surface area contributed by atoms with Gasteiger partial charge < -0.3 is 4.74 Å². The predicted octanol–water partition coefficient (Wildman–Crippen LogP) is 4.65. The van der Waals surface area contributed by atoms with E-state index in [1.54, 1.807) is 23.9 Å². The Morgan fingerprint density at radius 2 is 1.91 bits per heavy atom. The summed E-state index contributed by atoms with van der Waals surface area (Å²) in [7, 11) is 0. The monoisotopic (exact) mass is 318 g/mol. The van der Waals surface area contributed by atoms with Crippen molar-refractivity contribution in [2.45, 2.75) is 20.5 Å². The van der Waals surface area contributed by atoms with Gasteiger partial charge in [-0.1, -0.05) is 30.7 Å². The van der Waals surface area contributed by atoms with Crippen LogP contribution in [-0.2, 0) is 6.61 Å². The second-order valence-electron chi connectivity index (χ2n) is 4.98. The van der Waals surface area contributed by atoms with Gasteiger partial charge in [-0.2, -0.15) is 11.8 Å². The van der Waals surface area contributed by atoms with E-state index >= 15 is 0 Å². The maximum atomic E-state index is 12.9. The van der Waals surface area contributed by atoms with E-state index in [4.69, 9.17) is 4.74 Å². The summed E-state index contributed by atoms with van der Waals surface area (Å²) in [6.45, 7) is 4.29. The van der Waals surface area contributed by atoms with E-state index in [9.17, 15) is 9.18 Å². The molecule has 0 unspecified atom stereocenters. The third-order valence-corrected chi connectivity index (χ3v) is 4.05. The molecule has 0 heterocycles. The predicted molar refractivity (Wildman–Crippen MR) is 89.2 cm³/mol. The molecule has 0 atom stereocenters. The molecule has 116 valence electrons. The van der Waals surface area contributed by atoms with Crippen molar-refractivity contribution in [1.29, 1.82) is 0 Å². The van der Waals surface area contributed by atoms with Crippen LogP contribution in [0.25, 0.3) is 0 Å². The summed E-state index contributed by atoms with van der Waals surface area (Å²) in [5, 5.41) is 0. The van der Waals surface area contributed by atoms with Crippen LogP contribution in [0.15, 0.2) is 42.5 Å². The number of carbonyl (C=O) groups is 1. The SMILES string of the molecule is CCSCC(=O)c1cc(C)ccc1OCc1ccc(F)cc1. The number of rotatable bonds is 7. The summed E-state index contributed by atoms with van der Waals surface area (Å²) >= 11 is 1.59. The summed E-state index contributed by atoms with van der Waals surface area (Å²) in [6, 6.07) is 11.8. The van der Waals surface area contributed by atoms with E-state index in [0.717, 1.165) is 16.9 Å². The average molecular weight is 318 g/mol. The fourth-order valence-corrected chi connectivity index (χ4v) is 2.55. The number of Topliss-reactive ketones (excluding diaryl/α,β-unsaturated/α-hetero) is 1. The molecule has 2 aromatic carbocycles. The topological polar surface area (TPSA) is 26.3 Å². The highest BCUT2D eigenvalue weighted by atomic mass is 32.2. The molecule has 0 saturated heterocycles. The summed E-state index contributed by atoms with van der Waals surface area (Å²) in [5.74, 6) is 1.74. The van der Waals surface area contributed by atoms with Crippen LogP contribution in [0.3, 0.4) is 0 Å². The molecule has 2 rings (SSSR count). The van der Waals surface area contributed by atoms with Crippen LogP contribution in [0, 0.1) is 12.7 Å². The first-order valence-corrected chi connectivity index (χ1v) is 8.34. The van der Waals surface area contributed by atoms with Crippen molar-refractivity contribution in [1.82, 2.24) is 0 Å². The lowest BCUT2D eigenvalue weighted by molar-refractivity contribution is 0.101. The van der Waals surface area contributed by atoms with Gasteiger partial charge in [0.15, 0.2) is 5.78 Å². The molecule has 2 aromatic rings. The van der Waals surface area contributed by atoms with E-state index in [0.29, 0.717) is 23.7 Å². The number of carbonyl (C=O) groups excluding carboxylic acids is 1. The lowest BCUT2D eigenvalue weighted by Gasteiger charge is -2.12. The molecule has 2 nitrogen and oxygen atoms in total. The fraction of sp³-hybridized carbons (Fsp3) is 0.278. The quantitative estimate of drug-likeness (QED) is 0.695. The van der Waals surface area contributed by atoms with Gasteiger partial charge in [-0.25, -0.2) is 4.39 Å². The third-order valence-electron chi connectivity index (χ3n) is 3.18. The van der Waals surface area contributed by atoms with Crippen LogP contribution in [0.5, 0.6) is 5.75 Å². The van der Waals surface area contributed by atoms with Crippen LogP contribution in [0.4, 0.5) is 4.39 Å². The molecular weight excluding hydrogens is 299 g/mol. The van der Waals surface area contributed by atoms with Gasteiger partial charge in [0.05, 0.1) is 11.3 Å². The Morgan fingerprint density at radius 1 is 1.18 bits per heavy atom. The number of ketones is 1. The number of hydrogen-bond donors (Lipinski definition) is 0. The largest absolute Gasteiger partial charge is 0.488 e. The van der Waals surface area contributed by atoms with Crippen molar-refractivity contribution in [2.24, 2.45) is 0 Å². The minimum atomic E-state index is -0.272. The zero-order valence-electron chi connectivity index (χ0n) is 12.8. The molecule has 0 radical (unpaired) electrons. The van der Waals surface area contributed by atoms with Gasteiger partial charge in [-0.15, -0.1) is 0 Å². The molecule has 0 N–H and O–H groups in total. The standard InChI is InChI=1S/C18H19FO2S/c1-3-22-12-17(20)16-10-13(2)4-9-18(16)21-11-14-5-7-15(19)8-6-14/h4-10H,3,11-12H2,1-2H3. The van der Waals surface area contributed by atoms with Crippen LogP contribution in [0.2, 0.25) is 0 Å². The smallest absolute Gasteiger partial charge is 0.176 e. The zero-order chi connectivity index (χ0) is 15.9. The summed E-state index contributed by atoms with van der Waals surface area (Å²) in [6.07, 6.45) is 0. The number of hydrogen-bond acceptors (Lipinski definition) is 3. The van der Waals surface area contributed by atoms with Crippen LogP contribution in [0.1, 0.15) is 28.4 Å². The Labute approximate surface area is 134 Å². The molecule has 0 aromatic heterocycles. The van der Waals surface area contributed by atoms with Crippen molar-refractivity contribution in [3.05, 3.63) is 65.0 Å². The van der Waals surface area contributed by atoms with E-state index < -0.39 is 0 Å². The van der Waals surface area contributed by atoms with E-state index in [1.165, 1.54) is 12.1 Å². The molecule has 0 amide bonds. The summed E-state index contributed by atoms with van der Waals surface area (Å²) in [4.78, 5) is 12.3. The zero-order valence-corrected chi connectivity index (χ0v) is 13.6. The normalized spacial score (nSPS) is 10.5. The molecule has 0 aliphatic carbocycles. The van der Waals surface area contributed by atoms with E-state index in [-0.39, 0.29) is 11.6 Å². The lowest BCUT2D eigenvalue weighted by Crippen LogP contribution is -2.07. The van der Waals surface area contributed by atoms with Gasteiger partial charge >= 0.3 is 0 Å². The van der Waals surface area contributed by atoms with Gasteiger partial charge in [-0.3, -0.25) is 4.79 Å². The highest BCUT2D eigenvalue weighted by Crippen LogP contribution is 2.23. The maximum Gasteiger partial charge on any atom is 0.176 e. The Bertz CT molecular complexity index is 638. The first-order valence-electron chi connectivity index (χ1n) is 7.19. The maximum absolute atomic E-state index is 12.9. The van der Waals surface area contributed by atoms with Crippen molar-refractivity contribution >= 4 is 17.5 Å². The van der Waals surface area contributed by atoms with Crippen LogP contribution in [-0.4, -0.2) is 17.3 Å². The number of aryl methyl sites for hydroxylation is 1. The first kappa shape index (κ1) is 16.6. The molecule has 22 heavy (non-hydrogen) atoms. The molecule has 0 aliphatic heterocycles. The minimum Gasteiger partial charge on any atom is -0.488 e. The Kier molecular flexibility index (Phi) is 6.01. The van der Waals surface area contributed by atoms with Gasteiger partial charge in [0.2, 0.25) is 0 Å². The molecule has 0 fully saturated rings. The minimum absolute atomic E-state index is 0.0738. The Hall–Kier alpha value is -1.81. The second kappa shape index (κ2) is 7.99. The third kappa shape index (κ3) is 4.60. The molecule has 0 aliphatic rings. The molecule has 0 saturated carbocycles. The van der Waals surface area contributed by atoms with E-state index in [1.807, 2.05) is 32.0 Å². The molecular formula is C18H19FO2S. The van der Waals surface area contributed by atoms with Crippen molar-refractivity contribution in [2.75, 3.05) is 11.5 Å². The van der Waals surface area contributed by atoms with E-state index in [2.05, 4.69) is 0 Å². The summed E-state index contributed by atoms with van der Waals surface area (Å²) < 4.78 is 18.7. The van der Waals surface area contributed by atoms with Crippen LogP contribution >= 0.6 is 11.8 Å². The first-order chi connectivity index (χ1) is 10.6. The Morgan fingerprint density at radius 3 is 2.59 bits per heavy atom. The highest BCUT2D eigenvalue weighted by molar-refractivity contribution is 7.99. The Balaban J connectivity index is 2.12. The number of halogens is 1. The van der Waals surface area contributed by atoms with Crippen molar-refractivity contribution in [3.8, 4) is 5.75 Å². The van der Waals surface area contributed by atoms with Gasteiger partial charge in [-0.05, 0) is 42.5 Å². The van der Waals surface area contributed by atoms with Gasteiger partial charge in [0.1, 0.15) is 18.2 Å². The second-order valence-corrected chi connectivity index (χ2v) is 6.25. The van der Waals surface area contributed by atoms with Crippen molar-refractivity contribution < 1.29 is 13.9 Å². The highest BCUT2D eigenvalue weighted by Gasteiger charge is 2.13. The lowest BCUT2D eigenvalue weighted by atomic mass is 10.1. The number of thioether (sulfide) groups is 1. The molecule has 0 bridgehead atoms. The average Bonchev–Trinajstić information content (AvgIpc) is 2.53. The van der Waals surface area contributed by atoms with Crippen LogP contribution < -0.4 is 4.74 Å². The number of benzene rings is 2.